The predicted molar refractivity (Wildman–Crippen MR) is 77.4 cm³/mol. The van der Waals surface area contributed by atoms with E-state index in [0.717, 1.165) is 6.07 Å². The summed E-state index contributed by atoms with van der Waals surface area (Å²) in [5, 5.41) is 0.379. The van der Waals surface area contributed by atoms with E-state index in [1.165, 1.54) is 24.3 Å². The summed E-state index contributed by atoms with van der Waals surface area (Å²) in [7, 11) is 0. The van der Waals surface area contributed by atoms with Crippen molar-refractivity contribution in [1.29, 1.82) is 0 Å². The summed E-state index contributed by atoms with van der Waals surface area (Å²) in [4.78, 5) is 0. The summed E-state index contributed by atoms with van der Waals surface area (Å²) in [6.07, 6.45) is 0. The van der Waals surface area contributed by atoms with Gasteiger partial charge in [0.2, 0.25) is 0 Å². The Balaban J connectivity index is 2.23. The summed E-state index contributed by atoms with van der Waals surface area (Å²) in [6, 6.07) is 6.41. The molecule has 0 spiro atoms. The Bertz CT molecular complexity index is 632. The molecule has 6 heteroatoms. The lowest BCUT2D eigenvalue weighted by molar-refractivity contribution is 0.289. The van der Waals surface area contributed by atoms with Crippen LogP contribution < -0.4 is 4.74 Å². The third-order valence-corrected chi connectivity index (χ3v) is 3.89. The zero-order chi connectivity index (χ0) is 14.7. The minimum absolute atomic E-state index is 0.164. The van der Waals surface area contributed by atoms with E-state index in [-0.39, 0.29) is 16.6 Å². The van der Waals surface area contributed by atoms with Gasteiger partial charge < -0.3 is 4.74 Å². The van der Waals surface area contributed by atoms with Crippen LogP contribution >= 0.6 is 31.9 Å². The zero-order valence-corrected chi connectivity index (χ0v) is 13.3. The van der Waals surface area contributed by atoms with Crippen LogP contribution in [-0.4, -0.2) is 0 Å². The number of hydrogen-bond donors (Lipinski definition) is 0. The highest BCUT2D eigenvalue weighted by Crippen LogP contribution is 2.26. The molecule has 2 aromatic carbocycles. The number of hydrogen-bond acceptors (Lipinski definition) is 1. The highest BCUT2D eigenvalue weighted by molar-refractivity contribution is 9.10. The van der Waals surface area contributed by atoms with E-state index in [2.05, 4.69) is 31.9 Å². The molecule has 1 nitrogen and oxygen atoms in total. The number of ether oxygens (including phenoxy) is 1. The molecule has 0 bridgehead atoms. The zero-order valence-electron chi connectivity index (χ0n) is 10.1. The lowest BCUT2D eigenvalue weighted by Crippen LogP contribution is -2.04. The molecular weight excluding hydrogens is 401 g/mol. The largest absolute Gasteiger partial charge is 0.488 e. The Labute approximate surface area is 131 Å². The maximum Gasteiger partial charge on any atom is 0.146 e. The first-order valence-corrected chi connectivity index (χ1v) is 7.54. The van der Waals surface area contributed by atoms with E-state index in [1.54, 1.807) is 0 Å². The van der Waals surface area contributed by atoms with Crippen LogP contribution in [0.2, 0.25) is 0 Å². The van der Waals surface area contributed by atoms with Crippen LogP contribution in [0.5, 0.6) is 5.75 Å². The number of halogens is 5. The van der Waals surface area contributed by atoms with Crippen molar-refractivity contribution in [2.45, 2.75) is 11.9 Å². The van der Waals surface area contributed by atoms with Crippen LogP contribution in [0.25, 0.3) is 0 Å². The Kier molecular flexibility index (Phi) is 5.10. The predicted octanol–water partition coefficient (Wildman–Crippen LogP) is 5.34. The van der Waals surface area contributed by atoms with Crippen molar-refractivity contribution in [3.8, 4) is 5.75 Å². The Morgan fingerprint density at radius 2 is 1.80 bits per heavy atom. The molecule has 0 unspecified atom stereocenters. The SMILES string of the molecule is Fc1ccc(OCc2c(F)ccc(Br)c2F)c(CBr)c1. The van der Waals surface area contributed by atoms with E-state index in [0.29, 0.717) is 16.6 Å². The van der Waals surface area contributed by atoms with Crippen LogP contribution in [-0.2, 0) is 11.9 Å². The van der Waals surface area contributed by atoms with Crippen molar-refractivity contribution in [2.75, 3.05) is 0 Å². The van der Waals surface area contributed by atoms with E-state index >= 15 is 0 Å². The summed E-state index contributed by atoms with van der Waals surface area (Å²) >= 11 is 6.20. The van der Waals surface area contributed by atoms with Crippen LogP contribution in [0.4, 0.5) is 13.2 Å². The van der Waals surface area contributed by atoms with Gasteiger partial charge in [-0.1, -0.05) is 15.9 Å². The molecule has 0 radical (unpaired) electrons. The molecule has 20 heavy (non-hydrogen) atoms. The average molecular weight is 410 g/mol. The molecule has 0 aliphatic carbocycles. The molecule has 0 aromatic heterocycles. The van der Waals surface area contributed by atoms with Crippen LogP contribution in [0, 0.1) is 17.5 Å². The maximum atomic E-state index is 13.8. The lowest BCUT2D eigenvalue weighted by Gasteiger charge is -2.12. The molecule has 0 fully saturated rings. The van der Waals surface area contributed by atoms with Gasteiger partial charge in [-0.3, -0.25) is 0 Å². The number of alkyl halides is 1. The van der Waals surface area contributed by atoms with Gasteiger partial charge in [-0.25, -0.2) is 13.2 Å². The van der Waals surface area contributed by atoms with Crippen molar-refractivity contribution in [2.24, 2.45) is 0 Å². The van der Waals surface area contributed by atoms with E-state index < -0.39 is 17.5 Å². The van der Waals surface area contributed by atoms with Gasteiger partial charge in [0, 0.05) is 10.9 Å². The molecule has 0 aliphatic heterocycles. The van der Waals surface area contributed by atoms with Gasteiger partial charge >= 0.3 is 0 Å². The van der Waals surface area contributed by atoms with Gasteiger partial charge in [-0.2, -0.15) is 0 Å². The van der Waals surface area contributed by atoms with Gasteiger partial charge in [0.15, 0.2) is 0 Å². The van der Waals surface area contributed by atoms with Crippen molar-refractivity contribution in [3.05, 3.63) is 63.4 Å². The average Bonchev–Trinajstić information content (AvgIpc) is 2.44. The van der Waals surface area contributed by atoms with Gasteiger partial charge in [0.1, 0.15) is 29.8 Å². The van der Waals surface area contributed by atoms with Gasteiger partial charge in [0.25, 0.3) is 0 Å². The maximum absolute atomic E-state index is 13.8. The molecular formula is C14H9Br2F3O. The highest BCUT2D eigenvalue weighted by atomic mass is 79.9. The van der Waals surface area contributed by atoms with E-state index in [1.807, 2.05) is 0 Å². The Morgan fingerprint density at radius 1 is 1.05 bits per heavy atom. The minimum Gasteiger partial charge on any atom is -0.488 e. The fourth-order valence-corrected chi connectivity index (χ4v) is 2.45. The number of rotatable bonds is 4. The van der Waals surface area contributed by atoms with Crippen molar-refractivity contribution in [3.63, 3.8) is 0 Å². The molecule has 0 atom stereocenters. The summed E-state index contributed by atoms with van der Waals surface area (Å²) in [6.45, 7) is -0.275. The Hall–Kier alpha value is -1.01. The molecule has 0 amide bonds. The molecule has 0 N–H and O–H groups in total. The fraction of sp³-hybridized carbons (Fsp3) is 0.143. The quantitative estimate of drug-likeness (QED) is 0.489. The molecule has 2 aromatic rings. The summed E-state index contributed by atoms with van der Waals surface area (Å²) in [5.41, 5.74) is 0.394. The molecule has 2 rings (SSSR count). The first-order chi connectivity index (χ1) is 9.52. The molecule has 0 aliphatic rings. The molecule has 0 heterocycles. The second kappa shape index (κ2) is 6.63. The standard InChI is InChI=1S/C14H9Br2F3O/c15-6-8-5-9(17)1-4-13(8)20-7-10-12(18)3-2-11(16)14(10)19/h1-5H,6-7H2. The summed E-state index contributed by atoms with van der Waals surface area (Å²) in [5.74, 6) is -1.41. The fourth-order valence-electron chi connectivity index (χ4n) is 1.64. The van der Waals surface area contributed by atoms with Crippen molar-refractivity contribution in [1.82, 2.24) is 0 Å². The van der Waals surface area contributed by atoms with Gasteiger partial charge in [-0.15, -0.1) is 0 Å². The number of benzene rings is 2. The van der Waals surface area contributed by atoms with Gasteiger partial charge in [-0.05, 0) is 46.3 Å². The van der Waals surface area contributed by atoms with Crippen LogP contribution in [0.3, 0.4) is 0 Å². The molecule has 0 saturated carbocycles. The van der Waals surface area contributed by atoms with Crippen LogP contribution in [0.1, 0.15) is 11.1 Å². The second-order valence-electron chi connectivity index (χ2n) is 4.00. The first-order valence-electron chi connectivity index (χ1n) is 5.62. The molecule has 106 valence electrons. The van der Waals surface area contributed by atoms with E-state index in [4.69, 9.17) is 4.74 Å². The highest BCUT2D eigenvalue weighted by Gasteiger charge is 2.14. The minimum atomic E-state index is -0.701. The lowest BCUT2D eigenvalue weighted by atomic mass is 10.2. The second-order valence-corrected chi connectivity index (χ2v) is 5.41. The van der Waals surface area contributed by atoms with E-state index in [9.17, 15) is 13.2 Å². The normalized spacial score (nSPS) is 10.7. The topological polar surface area (TPSA) is 9.23 Å². The van der Waals surface area contributed by atoms with Crippen molar-refractivity contribution < 1.29 is 17.9 Å². The third-order valence-electron chi connectivity index (χ3n) is 2.68. The third kappa shape index (κ3) is 3.35. The summed E-state index contributed by atoms with van der Waals surface area (Å²) < 4.78 is 46.0. The van der Waals surface area contributed by atoms with Crippen molar-refractivity contribution >= 4 is 31.9 Å². The monoisotopic (exact) mass is 408 g/mol. The van der Waals surface area contributed by atoms with Crippen LogP contribution in [0.15, 0.2) is 34.8 Å². The Morgan fingerprint density at radius 3 is 2.50 bits per heavy atom. The first kappa shape index (κ1) is 15.4. The van der Waals surface area contributed by atoms with Gasteiger partial charge in [0.05, 0.1) is 10.0 Å². The molecule has 0 saturated heterocycles. The smallest absolute Gasteiger partial charge is 0.146 e.